The Bertz CT molecular complexity index is 649. The molecule has 4 nitrogen and oxygen atoms in total. The first-order valence-corrected chi connectivity index (χ1v) is 7.43. The van der Waals surface area contributed by atoms with Crippen LogP contribution in [0.2, 0.25) is 0 Å². The van der Waals surface area contributed by atoms with Gasteiger partial charge >= 0.3 is 12.3 Å². The fourth-order valence-electron chi connectivity index (χ4n) is 2.62. The van der Waals surface area contributed by atoms with Crippen LogP contribution in [0, 0.1) is 11.3 Å². The largest absolute Gasteiger partial charge is 0.368 e. The van der Waals surface area contributed by atoms with Crippen molar-refractivity contribution in [3.63, 3.8) is 0 Å². The average molecular weight is 343 g/mol. The highest BCUT2D eigenvalue weighted by Crippen LogP contribution is 2.27. The lowest BCUT2D eigenvalue weighted by Gasteiger charge is -2.37. The standard InChI is InChI=1S/C16H17F4N3O/c1-11(24)12-2-3-13(9-21)14(8-12)23-6-4-22(5-7-23)10-16(19,20)15(17)18/h2-3,8,15H,4-7,10H2,1H3. The Labute approximate surface area is 137 Å². The molecule has 1 aromatic rings. The number of Topliss-reactive ketones (excluding diaryl/α,β-unsaturated/α-hetero) is 1. The number of anilines is 1. The minimum absolute atomic E-state index is 0.143. The van der Waals surface area contributed by atoms with Crippen molar-refractivity contribution in [3.05, 3.63) is 29.3 Å². The van der Waals surface area contributed by atoms with Crippen molar-refractivity contribution >= 4 is 11.5 Å². The average Bonchev–Trinajstić information content (AvgIpc) is 2.54. The Morgan fingerprint density at radius 2 is 1.92 bits per heavy atom. The molecule has 130 valence electrons. The van der Waals surface area contributed by atoms with Gasteiger partial charge in [0.15, 0.2) is 5.78 Å². The van der Waals surface area contributed by atoms with E-state index in [0.717, 1.165) is 0 Å². The van der Waals surface area contributed by atoms with Crippen LogP contribution in [-0.2, 0) is 0 Å². The van der Waals surface area contributed by atoms with Gasteiger partial charge in [-0.2, -0.15) is 14.0 Å². The van der Waals surface area contributed by atoms with Crippen molar-refractivity contribution in [2.75, 3.05) is 37.6 Å². The van der Waals surface area contributed by atoms with Crippen molar-refractivity contribution in [1.29, 1.82) is 5.26 Å². The van der Waals surface area contributed by atoms with E-state index in [2.05, 4.69) is 0 Å². The number of alkyl halides is 4. The predicted molar refractivity (Wildman–Crippen MR) is 80.8 cm³/mol. The van der Waals surface area contributed by atoms with E-state index in [9.17, 15) is 27.6 Å². The van der Waals surface area contributed by atoms with E-state index >= 15 is 0 Å². The molecule has 0 saturated carbocycles. The minimum atomic E-state index is -4.03. The van der Waals surface area contributed by atoms with Crippen molar-refractivity contribution in [1.82, 2.24) is 4.90 Å². The third kappa shape index (κ3) is 4.03. The molecule has 1 aliphatic heterocycles. The summed E-state index contributed by atoms with van der Waals surface area (Å²) in [5, 5.41) is 9.19. The van der Waals surface area contributed by atoms with Crippen LogP contribution < -0.4 is 4.90 Å². The van der Waals surface area contributed by atoms with E-state index in [0.29, 0.717) is 29.9 Å². The molecule has 8 heteroatoms. The van der Waals surface area contributed by atoms with Crippen LogP contribution in [0.5, 0.6) is 0 Å². The summed E-state index contributed by atoms with van der Waals surface area (Å²) >= 11 is 0. The highest BCUT2D eigenvalue weighted by molar-refractivity contribution is 5.95. The number of nitriles is 1. The van der Waals surface area contributed by atoms with Gasteiger partial charge in [-0.15, -0.1) is 0 Å². The summed E-state index contributed by atoms with van der Waals surface area (Å²) in [5.41, 5.74) is 1.40. The lowest BCUT2D eigenvalue weighted by atomic mass is 10.1. The summed E-state index contributed by atoms with van der Waals surface area (Å²) in [7, 11) is 0. The number of piperazine rings is 1. The molecule has 0 spiro atoms. The van der Waals surface area contributed by atoms with E-state index in [4.69, 9.17) is 0 Å². The number of carbonyl (C=O) groups is 1. The maximum Gasteiger partial charge on any atom is 0.319 e. The number of benzene rings is 1. The summed E-state index contributed by atoms with van der Waals surface area (Å²) in [6.07, 6.45) is -3.69. The van der Waals surface area contributed by atoms with Crippen LogP contribution in [0.3, 0.4) is 0 Å². The second-order valence-electron chi connectivity index (χ2n) is 5.72. The quantitative estimate of drug-likeness (QED) is 0.609. The molecule has 0 unspecified atom stereocenters. The number of ketones is 1. The Balaban J connectivity index is 2.08. The number of halogens is 4. The first-order chi connectivity index (χ1) is 11.2. The zero-order valence-corrected chi connectivity index (χ0v) is 13.1. The van der Waals surface area contributed by atoms with Crippen LogP contribution in [0.25, 0.3) is 0 Å². The molecule has 1 fully saturated rings. The second kappa shape index (κ2) is 7.18. The maximum atomic E-state index is 13.1. The summed E-state index contributed by atoms with van der Waals surface area (Å²) in [6.45, 7) is 1.41. The van der Waals surface area contributed by atoms with Crippen molar-refractivity contribution in [3.8, 4) is 6.07 Å². The van der Waals surface area contributed by atoms with Crippen molar-refractivity contribution in [2.24, 2.45) is 0 Å². The van der Waals surface area contributed by atoms with Gasteiger partial charge in [-0.3, -0.25) is 9.69 Å². The summed E-state index contributed by atoms with van der Waals surface area (Å²) in [5.74, 6) is -4.18. The van der Waals surface area contributed by atoms with Crippen LogP contribution in [0.15, 0.2) is 18.2 Å². The molecule has 2 rings (SSSR count). The zero-order chi connectivity index (χ0) is 17.9. The predicted octanol–water partition coefficient (Wildman–Crippen LogP) is 2.78. The van der Waals surface area contributed by atoms with E-state index in [-0.39, 0.29) is 18.9 Å². The first-order valence-electron chi connectivity index (χ1n) is 7.43. The Morgan fingerprint density at radius 1 is 1.29 bits per heavy atom. The fourth-order valence-corrected chi connectivity index (χ4v) is 2.62. The minimum Gasteiger partial charge on any atom is -0.368 e. The maximum absolute atomic E-state index is 13.1. The monoisotopic (exact) mass is 343 g/mol. The number of hydrogen-bond acceptors (Lipinski definition) is 4. The molecule has 1 aromatic carbocycles. The molecule has 0 bridgehead atoms. The van der Waals surface area contributed by atoms with Gasteiger partial charge in [0.2, 0.25) is 0 Å². The molecule has 0 N–H and O–H groups in total. The van der Waals surface area contributed by atoms with Crippen LogP contribution in [-0.4, -0.2) is 55.8 Å². The smallest absolute Gasteiger partial charge is 0.319 e. The van der Waals surface area contributed by atoms with Crippen LogP contribution in [0.1, 0.15) is 22.8 Å². The highest BCUT2D eigenvalue weighted by atomic mass is 19.3. The van der Waals surface area contributed by atoms with E-state index in [1.165, 1.54) is 11.8 Å². The molecule has 0 radical (unpaired) electrons. The molecule has 0 aromatic heterocycles. The van der Waals surface area contributed by atoms with Crippen molar-refractivity contribution < 1.29 is 22.4 Å². The van der Waals surface area contributed by atoms with Gasteiger partial charge in [0, 0.05) is 31.7 Å². The zero-order valence-electron chi connectivity index (χ0n) is 13.1. The Kier molecular flexibility index (Phi) is 5.44. The number of rotatable bonds is 5. The number of carbonyl (C=O) groups excluding carboxylic acids is 1. The van der Waals surface area contributed by atoms with Gasteiger partial charge in [0.25, 0.3) is 0 Å². The lowest BCUT2D eigenvalue weighted by molar-refractivity contribution is -0.142. The molecule has 1 saturated heterocycles. The van der Waals surface area contributed by atoms with E-state index in [1.807, 2.05) is 11.0 Å². The number of nitrogens with zero attached hydrogens (tertiary/aromatic N) is 3. The van der Waals surface area contributed by atoms with E-state index < -0.39 is 18.9 Å². The summed E-state index contributed by atoms with van der Waals surface area (Å²) in [6, 6.07) is 6.74. The van der Waals surface area contributed by atoms with Gasteiger partial charge in [0.1, 0.15) is 6.07 Å². The number of hydrogen-bond donors (Lipinski definition) is 0. The molecule has 0 aliphatic carbocycles. The van der Waals surface area contributed by atoms with Gasteiger partial charge in [-0.25, -0.2) is 8.78 Å². The first kappa shape index (κ1) is 18.2. The molecule has 1 aliphatic rings. The van der Waals surface area contributed by atoms with Gasteiger partial charge in [0.05, 0.1) is 17.8 Å². The van der Waals surface area contributed by atoms with Crippen LogP contribution in [0.4, 0.5) is 23.2 Å². The molecular formula is C16H17F4N3O. The van der Waals surface area contributed by atoms with Crippen LogP contribution >= 0.6 is 0 Å². The second-order valence-corrected chi connectivity index (χ2v) is 5.72. The SMILES string of the molecule is CC(=O)c1ccc(C#N)c(N2CCN(CC(F)(F)C(F)F)CC2)c1. The lowest BCUT2D eigenvalue weighted by Crippen LogP contribution is -2.51. The van der Waals surface area contributed by atoms with Crippen molar-refractivity contribution in [2.45, 2.75) is 19.3 Å². The normalized spacial score (nSPS) is 16.3. The van der Waals surface area contributed by atoms with Gasteiger partial charge in [-0.1, -0.05) is 0 Å². The Hall–Kier alpha value is -2.14. The topological polar surface area (TPSA) is 47.3 Å². The molecular weight excluding hydrogens is 326 g/mol. The highest BCUT2D eigenvalue weighted by Gasteiger charge is 2.42. The molecule has 1 heterocycles. The summed E-state index contributed by atoms with van der Waals surface area (Å²) in [4.78, 5) is 14.6. The van der Waals surface area contributed by atoms with Gasteiger partial charge in [-0.05, 0) is 25.1 Å². The molecule has 24 heavy (non-hydrogen) atoms. The summed E-state index contributed by atoms with van der Waals surface area (Å²) < 4.78 is 50.8. The molecule has 0 atom stereocenters. The van der Waals surface area contributed by atoms with E-state index in [1.54, 1.807) is 18.2 Å². The third-order valence-electron chi connectivity index (χ3n) is 3.99. The van der Waals surface area contributed by atoms with Gasteiger partial charge < -0.3 is 4.90 Å². The third-order valence-corrected chi connectivity index (χ3v) is 3.99. The molecule has 0 amide bonds. The fraction of sp³-hybridized carbons (Fsp3) is 0.500. The Morgan fingerprint density at radius 3 is 2.42 bits per heavy atom.